The molecule has 0 radical (unpaired) electrons. The van der Waals surface area contributed by atoms with Crippen molar-refractivity contribution in [3.05, 3.63) is 24.5 Å². The topological polar surface area (TPSA) is 27.4 Å². The third kappa shape index (κ3) is 3.00. The van der Waals surface area contributed by atoms with Gasteiger partial charge in [-0.15, -0.1) is 0 Å². The Morgan fingerprint density at radius 2 is 2.00 bits per heavy atom. The summed E-state index contributed by atoms with van der Waals surface area (Å²) in [5.74, 6) is 0. The molecule has 0 aliphatic carbocycles. The first-order valence-electron chi connectivity index (χ1n) is 5.01. The number of hydrogen-bond donors (Lipinski definition) is 1. The summed E-state index contributed by atoms with van der Waals surface area (Å²) in [6, 6.07) is 4.12. The first-order valence-corrected chi connectivity index (χ1v) is 5.01. The molecular weight excluding hydrogens is 176 g/mol. The summed E-state index contributed by atoms with van der Waals surface area (Å²) in [5, 5.41) is 9.20. The van der Waals surface area contributed by atoms with E-state index in [0.717, 1.165) is 6.54 Å². The molecule has 1 N–H and O–H groups in total. The standard InChI is InChI=1S/C11H19N2O/c1-4-12(3)11-5-7-13(8-6-11)9-10(2)14/h5-8,10,14H,4,9H2,1-3H3/q+1. The van der Waals surface area contributed by atoms with Crippen molar-refractivity contribution >= 4 is 5.69 Å². The minimum Gasteiger partial charge on any atom is -0.387 e. The largest absolute Gasteiger partial charge is 0.387 e. The number of aliphatic hydroxyl groups is 1. The molecular formula is C11H19N2O+. The average Bonchev–Trinajstić information content (AvgIpc) is 2.17. The molecule has 3 heteroatoms. The molecule has 0 amide bonds. The number of rotatable bonds is 4. The third-order valence-corrected chi connectivity index (χ3v) is 2.26. The summed E-state index contributed by atoms with van der Waals surface area (Å²) in [7, 11) is 2.06. The summed E-state index contributed by atoms with van der Waals surface area (Å²) < 4.78 is 1.98. The van der Waals surface area contributed by atoms with Gasteiger partial charge < -0.3 is 10.0 Å². The lowest BCUT2D eigenvalue weighted by Crippen LogP contribution is -2.38. The zero-order chi connectivity index (χ0) is 10.6. The van der Waals surface area contributed by atoms with Crippen LogP contribution < -0.4 is 9.47 Å². The van der Waals surface area contributed by atoms with Gasteiger partial charge in [-0.2, -0.15) is 0 Å². The van der Waals surface area contributed by atoms with E-state index in [1.807, 2.05) is 17.0 Å². The van der Waals surface area contributed by atoms with Gasteiger partial charge in [0, 0.05) is 31.4 Å². The van der Waals surface area contributed by atoms with Crippen molar-refractivity contribution in [2.24, 2.45) is 0 Å². The number of pyridine rings is 1. The Labute approximate surface area is 85.6 Å². The van der Waals surface area contributed by atoms with Crippen molar-refractivity contribution in [2.75, 3.05) is 18.5 Å². The van der Waals surface area contributed by atoms with Gasteiger partial charge in [0.05, 0.1) is 0 Å². The summed E-state index contributed by atoms with van der Waals surface area (Å²) in [6.45, 7) is 5.56. The Balaban J connectivity index is 2.68. The highest BCUT2D eigenvalue weighted by Crippen LogP contribution is 2.07. The van der Waals surface area contributed by atoms with Gasteiger partial charge in [-0.3, -0.25) is 0 Å². The molecule has 1 aromatic heterocycles. The first-order chi connectivity index (χ1) is 6.63. The molecule has 0 aliphatic rings. The minimum absolute atomic E-state index is 0.297. The highest BCUT2D eigenvalue weighted by molar-refractivity contribution is 5.42. The van der Waals surface area contributed by atoms with E-state index in [2.05, 4.69) is 31.0 Å². The first kappa shape index (κ1) is 11.0. The van der Waals surface area contributed by atoms with E-state index in [0.29, 0.717) is 6.54 Å². The van der Waals surface area contributed by atoms with Crippen LogP contribution in [0.4, 0.5) is 5.69 Å². The zero-order valence-corrected chi connectivity index (χ0v) is 9.14. The minimum atomic E-state index is -0.297. The van der Waals surface area contributed by atoms with Crippen molar-refractivity contribution in [2.45, 2.75) is 26.5 Å². The van der Waals surface area contributed by atoms with Gasteiger partial charge in [-0.05, 0) is 13.8 Å². The lowest BCUT2D eigenvalue weighted by atomic mass is 10.3. The Hall–Kier alpha value is -1.09. The van der Waals surface area contributed by atoms with Crippen LogP contribution in [0.3, 0.4) is 0 Å². The molecule has 14 heavy (non-hydrogen) atoms. The van der Waals surface area contributed by atoms with Gasteiger partial charge in [0.1, 0.15) is 6.10 Å². The Morgan fingerprint density at radius 3 is 2.43 bits per heavy atom. The number of hydrogen-bond acceptors (Lipinski definition) is 2. The van der Waals surface area contributed by atoms with Crippen LogP contribution in [0.25, 0.3) is 0 Å². The number of aliphatic hydroxyl groups excluding tert-OH is 1. The normalized spacial score (nSPS) is 12.6. The van der Waals surface area contributed by atoms with Crippen molar-refractivity contribution in [3.63, 3.8) is 0 Å². The van der Waals surface area contributed by atoms with E-state index >= 15 is 0 Å². The molecule has 1 heterocycles. The maximum Gasteiger partial charge on any atom is 0.173 e. The summed E-state index contributed by atoms with van der Waals surface area (Å²) in [5.41, 5.74) is 1.20. The second kappa shape index (κ2) is 4.96. The van der Waals surface area contributed by atoms with E-state index in [1.54, 1.807) is 6.92 Å². The van der Waals surface area contributed by atoms with Crippen LogP contribution in [0.5, 0.6) is 0 Å². The highest BCUT2D eigenvalue weighted by Gasteiger charge is 2.05. The fraction of sp³-hybridized carbons (Fsp3) is 0.545. The molecule has 0 fully saturated rings. The molecule has 78 valence electrons. The monoisotopic (exact) mass is 195 g/mol. The van der Waals surface area contributed by atoms with E-state index in [-0.39, 0.29) is 6.10 Å². The summed E-state index contributed by atoms with van der Waals surface area (Å²) in [4.78, 5) is 2.17. The quantitative estimate of drug-likeness (QED) is 0.720. The van der Waals surface area contributed by atoms with Crippen LogP contribution in [0.15, 0.2) is 24.5 Å². The molecule has 1 unspecified atom stereocenters. The van der Waals surface area contributed by atoms with Crippen LogP contribution in [0.1, 0.15) is 13.8 Å². The fourth-order valence-electron chi connectivity index (χ4n) is 1.31. The summed E-state index contributed by atoms with van der Waals surface area (Å²) in [6.07, 6.45) is 3.69. The van der Waals surface area contributed by atoms with E-state index < -0.39 is 0 Å². The van der Waals surface area contributed by atoms with Crippen molar-refractivity contribution in [1.29, 1.82) is 0 Å². The van der Waals surface area contributed by atoms with E-state index in [9.17, 15) is 5.11 Å². The van der Waals surface area contributed by atoms with Crippen LogP contribution in [-0.2, 0) is 6.54 Å². The third-order valence-electron chi connectivity index (χ3n) is 2.26. The zero-order valence-electron chi connectivity index (χ0n) is 9.14. The predicted molar refractivity (Wildman–Crippen MR) is 57.3 cm³/mol. The van der Waals surface area contributed by atoms with Crippen LogP contribution >= 0.6 is 0 Å². The Bertz CT molecular complexity index is 269. The number of nitrogens with zero attached hydrogens (tertiary/aromatic N) is 2. The van der Waals surface area contributed by atoms with Crippen LogP contribution in [0, 0.1) is 0 Å². The fourth-order valence-corrected chi connectivity index (χ4v) is 1.31. The average molecular weight is 195 g/mol. The molecule has 0 saturated heterocycles. The second-order valence-corrected chi connectivity index (χ2v) is 3.62. The lowest BCUT2D eigenvalue weighted by Gasteiger charge is -2.15. The number of anilines is 1. The molecule has 0 saturated carbocycles. The second-order valence-electron chi connectivity index (χ2n) is 3.62. The van der Waals surface area contributed by atoms with E-state index in [4.69, 9.17) is 0 Å². The Morgan fingerprint density at radius 1 is 1.43 bits per heavy atom. The van der Waals surface area contributed by atoms with Gasteiger partial charge in [0.15, 0.2) is 18.9 Å². The highest BCUT2D eigenvalue weighted by atomic mass is 16.3. The molecule has 1 aromatic rings. The maximum absolute atomic E-state index is 9.20. The number of aromatic nitrogens is 1. The van der Waals surface area contributed by atoms with Gasteiger partial charge >= 0.3 is 0 Å². The van der Waals surface area contributed by atoms with Gasteiger partial charge in [-0.1, -0.05) is 0 Å². The maximum atomic E-state index is 9.20. The van der Waals surface area contributed by atoms with Crippen molar-refractivity contribution < 1.29 is 9.67 Å². The molecule has 1 atom stereocenters. The predicted octanol–water partition coefficient (Wildman–Crippen LogP) is 0.811. The van der Waals surface area contributed by atoms with Crippen LogP contribution in [0.2, 0.25) is 0 Å². The molecule has 3 nitrogen and oxygen atoms in total. The molecule has 0 bridgehead atoms. The molecule has 0 spiro atoms. The van der Waals surface area contributed by atoms with Gasteiger partial charge in [0.25, 0.3) is 0 Å². The van der Waals surface area contributed by atoms with Crippen molar-refractivity contribution in [1.82, 2.24) is 0 Å². The van der Waals surface area contributed by atoms with Gasteiger partial charge in [0.2, 0.25) is 0 Å². The smallest absolute Gasteiger partial charge is 0.173 e. The lowest BCUT2D eigenvalue weighted by molar-refractivity contribution is -0.703. The Kier molecular flexibility index (Phi) is 3.89. The van der Waals surface area contributed by atoms with E-state index in [1.165, 1.54) is 5.69 Å². The SMILES string of the molecule is CCN(C)c1cc[n+](CC(C)O)cc1. The van der Waals surface area contributed by atoms with Crippen molar-refractivity contribution in [3.8, 4) is 0 Å². The summed E-state index contributed by atoms with van der Waals surface area (Å²) >= 11 is 0. The molecule has 1 rings (SSSR count). The molecule has 0 aromatic carbocycles. The van der Waals surface area contributed by atoms with Crippen LogP contribution in [-0.4, -0.2) is 24.8 Å². The molecule has 0 aliphatic heterocycles. The van der Waals surface area contributed by atoms with Gasteiger partial charge in [-0.25, -0.2) is 4.57 Å².